The van der Waals surface area contributed by atoms with Crippen LogP contribution in [0.25, 0.3) is 5.65 Å². The summed E-state index contributed by atoms with van der Waals surface area (Å²) in [6, 6.07) is 1.68. The molecule has 2 aromatic rings. The molecule has 146 valence electrons. The number of hydrogen-bond donors (Lipinski definition) is 1. The number of fused-ring (bicyclic) bond motifs is 3. The van der Waals surface area contributed by atoms with Gasteiger partial charge in [0, 0.05) is 30.6 Å². The molecule has 1 fully saturated rings. The third kappa shape index (κ3) is 3.59. The first-order valence-electron chi connectivity index (χ1n) is 9.93. The van der Waals surface area contributed by atoms with Gasteiger partial charge in [-0.1, -0.05) is 0 Å². The fraction of sp³-hybridized carbons (Fsp3) is 0.650. The van der Waals surface area contributed by atoms with Crippen molar-refractivity contribution in [3.05, 3.63) is 33.4 Å². The molecule has 0 radical (unpaired) electrons. The Morgan fingerprint density at radius 3 is 2.63 bits per heavy atom. The van der Waals surface area contributed by atoms with Crippen LogP contribution in [0.2, 0.25) is 0 Å². The van der Waals surface area contributed by atoms with Crippen LogP contribution in [0, 0.1) is 0 Å². The van der Waals surface area contributed by atoms with Gasteiger partial charge in [0.2, 0.25) is 0 Å². The molecule has 1 aliphatic heterocycles. The molecular weight excluding hydrogens is 344 g/mol. The number of likely N-dealkylation sites (tertiary alicyclic amines) is 1. The third-order valence-electron chi connectivity index (χ3n) is 5.49. The van der Waals surface area contributed by atoms with Crippen molar-refractivity contribution in [1.29, 1.82) is 0 Å². The largest absolute Gasteiger partial charge is 0.444 e. The molecule has 0 spiro atoms. The number of aromatic amines is 1. The maximum absolute atomic E-state index is 12.3. The Labute approximate surface area is 158 Å². The molecule has 2 aromatic heterocycles. The SMILES string of the molecule is CC(C)(C)OC(=O)N1CCC(c2cc(=O)[nH]c3c4c(nn23)CCCC4)CC1. The van der Waals surface area contributed by atoms with Crippen molar-refractivity contribution in [1.82, 2.24) is 19.5 Å². The average Bonchev–Trinajstić information content (AvgIpc) is 2.98. The first-order valence-corrected chi connectivity index (χ1v) is 9.93. The number of rotatable bonds is 1. The molecule has 1 saturated heterocycles. The van der Waals surface area contributed by atoms with E-state index in [-0.39, 0.29) is 17.6 Å². The fourth-order valence-corrected chi connectivity index (χ4v) is 4.19. The summed E-state index contributed by atoms with van der Waals surface area (Å²) in [6.07, 6.45) is 5.63. The van der Waals surface area contributed by atoms with Gasteiger partial charge in [0.1, 0.15) is 11.2 Å². The Morgan fingerprint density at radius 2 is 1.93 bits per heavy atom. The molecule has 4 rings (SSSR count). The number of nitrogens with zero attached hydrogens (tertiary/aromatic N) is 3. The number of amides is 1. The van der Waals surface area contributed by atoms with Crippen molar-refractivity contribution >= 4 is 11.7 Å². The zero-order valence-corrected chi connectivity index (χ0v) is 16.4. The minimum atomic E-state index is -0.485. The minimum Gasteiger partial charge on any atom is -0.444 e. The van der Waals surface area contributed by atoms with Gasteiger partial charge in [-0.15, -0.1) is 0 Å². The van der Waals surface area contributed by atoms with Gasteiger partial charge in [0.15, 0.2) is 0 Å². The lowest BCUT2D eigenvalue weighted by Crippen LogP contribution is -2.41. The maximum atomic E-state index is 12.3. The van der Waals surface area contributed by atoms with Gasteiger partial charge in [-0.3, -0.25) is 4.79 Å². The summed E-state index contributed by atoms with van der Waals surface area (Å²) in [5, 5.41) is 4.81. The zero-order chi connectivity index (χ0) is 19.2. The van der Waals surface area contributed by atoms with Crippen molar-refractivity contribution in [2.75, 3.05) is 13.1 Å². The molecule has 3 heterocycles. The van der Waals surface area contributed by atoms with Gasteiger partial charge in [-0.25, -0.2) is 9.31 Å². The lowest BCUT2D eigenvalue weighted by molar-refractivity contribution is 0.0203. The summed E-state index contributed by atoms with van der Waals surface area (Å²) in [5.74, 6) is 0.217. The van der Waals surface area contributed by atoms with Crippen LogP contribution < -0.4 is 5.56 Å². The highest BCUT2D eigenvalue weighted by molar-refractivity contribution is 5.68. The summed E-state index contributed by atoms with van der Waals surface area (Å²) in [6.45, 7) is 6.90. The predicted octanol–water partition coefficient (Wildman–Crippen LogP) is 3.02. The lowest BCUT2D eigenvalue weighted by Gasteiger charge is -2.33. The number of H-pyrrole nitrogens is 1. The Morgan fingerprint density at radius 1 is 1.22 bits per heavy atom. The molecular formula is C20H28N4O3. The summed E-state index contributed by atoms with van der Waals surface area (Å²) in [7, 11) is 0. The van der Waals surface area contributed by atoms with E-state index in [0.717, 1.165) is 55.6 Å². The Balaban J connectivity index is 1.57. The molecule has 0 bridgehead atoms. The molecule has 1 amide bonds. The quantitative estimate of drug-likeness (QED) is 0.834. The van der Waals surface area contributed by atoms with Crippen LogP contribution in [0.5, 0.6) is 0 Å². The average molecular weight is 372 g/mol. The highest BCUT2D eigenvalue weighted by Crippen LogP contribution is 2.30. The van der Waals surface area contributed by atoms with E-state index in [9.17, 15) is 9.59 Å². The second kappa shape index (κ2) is 6.69. The zero-order valence-electron chi connectivity index (χ0n) is 16.4. The van der Waals surface area contributed by atoms with E-state index in [2.05, 4.69) is 4.98 Å². The number of carbonyl (C=O) groups excluding carboxylic acids is 1. The summed E-state index contributed by atoms with van der Waals surface area (Å²) < 4.78 is 7.43. The van der Waals surface area contributed by atoms with Crippen molar-refractivity contribution in [3.63, 3.8) is 0 Å². The highest BCUT2D eigenvalue weighted by atomic mass is 16.6. The number of piperidine rings is 1. The van der Waals surface area contributed by atoms with Crippen LogP contribution in [0.4, 0.5) is 4.79 Å². The van der Waals surface area contributed by atoms with Crippen molar-refractivity contribution in [3.8, 4) is 0 Å². The molecule has 0 aromatic carbocycles. The normalized spacial score (nSPS) is 18.6. The van der Waals surface area contributed by atoms with E-state index in [1.807, 2.05) is 25.3 Å². The highest BCUT2D eigenvalue weighted by Gasteiger charge is 2.29. The molecule has 7 nitrogen and oxygen atoms in total. The van der Waals surface area contributed by atoms with Gasteiger partial charge in [-0.2, -0.15) is 5.10 Å². The molecule has 0 saturated carbocycles. The number of nitrogens with one attached hydrogen (secondary N) is 1. The summed E-state index contributed by atoms with van der Waals surface area (Å²) in [4.78, 5) is 29.3. The topological polar surface area (TPSA) is 79.7 Å². The molecule has 1 N–H and O–H groups in total. The molecule has 7 heteroatoms. The lowest BCUT2D eigenvalue weighted by atomic mass is 9.93. The molecule has 0 atom stereocenters. The van der Waals surface area contributed by atoms with Gasteiger partial charge in [-0.05, 0) is 59.3 Å². The molecule has 1 aliphatic carbocycles. The second-order valence-electron chi connectivity index (χ2n) is 8.69. The molecule has 0 unspecified atom stereocenters. The van der Waals surface area contributed by atoms with Crippen LogP contribution in [-0.2, 0) is 17.6 Å². The Bertz CT molecular complexity index is 914. The minimum absolute atomic E-state index is 0.0691. The van der Waals surface area contributed by atoms with Crippen LogP contribution in [-0.4, -0.2) is 44.3 Å². The molecule has 2 aliphatic rings. The monoisotopic (exact) mass is 372 g/mol. The van der Waals surface area contributed by atoms with Gasteiger partial charge < -0.3 is 14.6 Å². The van der Waals surface area contributed by atoms with E-state index in [4.69, 9.17) is 9.84 Å². The van der Waals surface area contributed by atoms with E-state index < -0.39 is 5.60 Å². The van der Waals surface area contributed by atoms with E-state index >= 15 is 0 Å². The Hall–Kier alpha value is -2.31. The van der Waals surface area contributed by atoms with Crippen LogP contribution in [0.15, 0.2) is 10.9 Å². The maximum Gasteiger partial charge on any atom is 0.410 e. The van der Waals surface area contributed by atoms with Gasteiger partial charge in [0.25, 0.3) is 5.56 Å². The van der Waals surface area contributed by atoms with Crippen molar-refractivity contribution in [2.24, 2.45) is 0 Å². The summed E-state index contributed by atoms with van der Waals surface area (Å²) in [5.41, 5.74) is 3.59. The smallest absolute Gasteiger partial charge is 0.410 e. The third-order valence-corrected chi connectivity index (χ3v) is 5.49. The van der Waals surface area contributed by atoms with Crippen LogP contribution >= 0.6 is 0 Å². The van der Waals surface area contributed by atoms with E-state index in [1.165, 1.54) is 5.56 Å². The van der Waals surface area contributed by atoms with Gasteiger partial charge >= 0.3 is 6.09 Å². The number of ether oxygens (including phenoxy) is 1. The predicted molar refractivity (Wildman–Crippen MR) is 102 cm³/mol. The first-order chi connectivity index (χ1) is 12.8. The Kier molecular flexibility index (Phi) is 4.48. The van der Waals surface area contributed by atoms with E-state index in [0.29, 0.717) is 13.1 Å². The van der Waals surface area contributed by atoms with Crippen LogP contribution in [0.1, 0.15) is 69.3 Å². The number of aryl methyl sites for hydroxylation is 2. The number of hydrogen-bond acceptors (Lipinski definition) is 4. The molecule has 27 heavy (non-hydrogen) atoms. The van der Waals surface area contributed by atoms with Gasteiger partial charge in [0.05, 0.1) is 11.4 Å². The van der Waals surface area contributed by atoms with E-state index in [1.54, 1.807) is 11.0 Å². The number of carbonyl (C=O) groups is 1. The first kappa shape index (κ1) is 18.1. The summed E-state index contributed by atoms with van der Waals surface area (Å²) >= 11 is 0. The van der Waals surface area contributed by atoms with Crippen molar-refractivity contribution in [2.45, 2.75) is 70.8 Å². The number of aromatic nitrogens is 3. The second-order valence-corrected chi connectivity index (χ2v) is 8.69. The standard InChI is InChI=1S/C20H28N4O3/c1-20(2,3)27-19(26)23-10-8-13(9-11-23)16-12-17(25)21-18-14-6-4-5-7-15(14)22-24(16)18/h12-13H,4-11H2,1-3H3,(H,21,25). The fourth-order valence-electron chi connectivity index (χ4n) is 4.19. The van der Waals surface area contributed by atoms with Crippen LogP contribution in [0.3, 0.4) is 0 Å². The van der Waals surface area contributed by atoms with Crippen molar-refractivity contribution < 1.29 is 9.53 Å².